The molecule has 6 fully saturated rings. The Morgan fingerprint density at radius 2 is 1.24 bits per heavy atom. The number of carbonyl (C=O) groups is 6. The van der Waals surface area contributed by atoms with E-state index in [-0.39, 0.29) is 56.5 Å². The molecule has 6 saturated carbocycles. The van der Waals surface area contributed by atoms with Gasteiger partial charge in [-0.1, -0.05) is 64.8 Å². The molecule has 0 aromatic rings. The smallest absolute Gasteiger partial charge is 0.457 e. The van der Waals surface area contributed by atoms with Crippen LogP contribution in [0, 0.1) is 57.2 Å². The Labute approximate surface area is 390 Å². The number of esters is 2. The molecule has 0 radical (unpaired) electrons. The zero-order valence-electron chi connectivity index (χ0n) is 39.6. The van der Waals surface area contributed by atoms with Gasteiger partial charge in [0.2, 0.25) is 5.78 Å². The average Bonchev–Trinajstić information content (AvgIpc) is 3.62. The lowest BCUT2D eigenvalue weighted by atomic mass is 9.44. The largest absolute Gasteiger partial charge is 0.473 e. The minimum Gasteiger partial charge on any atom is -0.457 e. The maximum atomic E-state index is 19.5. The van der Waals surface area contributed by atoms with Gasteiger partial charge in [-0.05, 0) is 107 Å². The van der Waals surface area contributed by atoms with Crippen LogP contribution in [0.3, 0.4) is 0 Å². The quantitative estimate of drug-likeness (QED) is 0.134. The molecule has 3 N–H and O–H groups in total. The van der Waals surface area contributed by atoms with Crippen molar-refractivity contribution in [2.45, 2.75) is 154 Å². The molecule has 0 heterocycles. The summed E-state index contributed by atoms with van der Waals surface area (Å²) in [6.07, 6.45) is 4.17. The number of Topliss-reactive ketones (excluding diaryl/α,β-unsaturated/α-hetero) is 2. The molecule has 67 heavy (non-hydrogen) atoms. The number of hydrogen-bond acceptors (Lipinski definition) is 13. The van der Waals surface area contributed by atoms with Gasteiger partial charge in [0.1, 0.15) is 18.3 Å². The molecular weight excluding hydrogens is 894 g/mol. The first-order valence-electron chi connectivity index (χ1n) is 23.9. The van der Waals surface area contributed by atoms with Gasteiger partial charge in [0.15, 0.2) is 40.9 Å². The number of aliphatic hydroxyl groups excluding tert-OH is 2. The van der Waals surface area contributed by atoms with Crippen molar-refractivity contribution in [2.75, 3.05) is 13.2 Å². The van der Waals surface area contributed by atoms with Crippen molar-refractivity contribution in [3.63, 3.8) is 0 Å². The van der Waals surface area contributed by atoms with Crippen molar-refractivity contribution >= 4 is 42.9 Å². The summed E-state index contributed by atoms with van der Waals surface area (Å²) in [5.74, 6) is -9.21. The van der Waals surface area contributed by atoms with E-state index in [1.165, 1.54) is 43.4 Å². The molecule has 0 bridgehead atoms. The van der Waals surface area contributed by atoms with Gasteiger partial charge >= 0.3 is 19.8 Å². The van der Waals surface area contributed by atoms with Crippen molar-refractivity contribution in [3.8, 4) is 0 Å². The summed E-state index contributed by atoms with van der Waals surface area (Å²) in [6, 6.07) is 0. The maximum Gasteiger partial charge on any atom is 0.473 e. The van der Waals surface area contributed by atoms with Crippen LogP contribution in [0.25, 0.3) is 0 Å². The van der Waals surface area contributed by atoms with Crippen LogP contribution in [0.1, 0.15) is 120 Å². The summed E-state index contributed by atoms with van der Waals surface area (Å²) in [4.78, 5) is 92.7. The highest BCUT2D eigenvalue weighted by Gasteiger charge is 2.80. The second-order valence-electron chi connectivity index (χ2n) is 21.8. The van der Waals surface area contributed by atoms with Gasteiger partial charge in [-0.3, -0.25) is 37.8 Å². The maximum absolute atomic E-state index is 19.5. The van der Waals surface area contributed by atoms with Gasteiger partial charge < -0.3 is 24.6 Å². The van der Waals surface area contributed by atoms with Gasteiger partial charge in [-0.15, -0.1) is 0 Å². The summed E-state index contributed by atoms with van der Waals surface area (Å²) in [5, 5.41) is 22.8. The van der Waals surface area contributed by atoms with Gasteiger partial charge in [0, 0.05) is 52.3 Å². The number of ketones is 4. The second kappa shape index (κ2) is 16.3. The minimum absolute atomic E-state index is 0.0484. The normalized spacial score (nSPS) is 46.9. The van der Waals surface area contributed by atoms with Gasteiger partial charge in [0.05, 0.1) is 6.10 Å². The van der Waals surface area contributed by atoms with Gasteiger partial charge in [-0.2, -0.15) is 0 Å². The molecule has 0 aromatic carbocycles. The zero-order valence-corrected chi connectivity index (χ0v) is 40.5. The summed E-state index contributed by atoms with van der Waals surface area (Å²) in [5.41, 5.74) is -14.6. The molecular formula is C50H65F2O14P. The van der Waals surface area contributed by atoms with E-state index in [0.29, 0.717) is 17.6 Å². The van der Waals surface area contributed by atoms with Crippen molar-refractivity contribution in [1.82, 2.24) is 0 Å². The number of phosphoric acid groups is 1. The first kappa shape index (κ1) is 49.9. The summed E-state index contributed by atoms with van der Waals surface area (Å²) < 4.78 is 77.0. The Morgan fingerprint density at radius 1 is 0.746 bits per heavy atom. The monoisotopic (exact) mass is 958 g/mol. The lowest BCUT2D eigenvalue weighted by Crippen LogP contribution is -2.70. The Bertz CT molecular complexity index is 2360. The summed E-state index contributed by atoms with van der Waals surface area (Å²) in [7, 11) is -5.79. The average molecular weight is 959 g/mol. The Morgan fingerprint density at radius 3 is 1.76 bits per heavy atom. The van der Waals surface area contributed by atoms with Gasteiger partial charge in [0.25, 0.3) is 0 Å². The molecule has 4 unspecified atom stereocenters. The third-order valence-electron chi connectivity index (χ3n) is 19.0. The third kappa shape index (κ3) is 6.50. The molecule has 368 valence electrons. The van der Waals surface area contributed by atoms with Crippen LogP contribution in [0.5, 0.6) is 0 Å². The number of alkyl halides is 2. The van der Waals surface area contributed by atoms with Crippen molar-refractivity contribution < 1.29 is 75.7 Å². The highest BCUT2D eigenvalue weighted by molar-refractivity contribution is 7.47. The molecule has 17 heteroatoms. The van der Waals surface area contributed by atoms with Gasteiger partial charge in [-0.25, -0.2) is 13.3 Å². The number of rotatable bonds is 12. The highest BCUT2D eigenvalue weighted by Crippen LogP contribution is 2.76. The minimum atomic E-state index is -5.79. The number of fused-ring (bicyclic) bond motifs is 10. The number of halogens is 2. The summed E-state index contributed by atoms with van der Waals surface area (Å²) in [6.45, 7) is 10.8. The van der Waals surface area contributed by atoms with E-state index in [1.54, 1.807) is 48.5 Å². The molecule has 0 aliphatic heterocycles. The lowest BCUT2D eigenvalue weighted by molar-refractivity contribution is -0.231. The van der Waals surface area contributed by atoms with Crippen molar-refractivity contribution in [3.05, 3.63) is 47.6 Å². The Balaban J connectivity index is 1.23. The van der Waals surface area contributed by atoms with Crippen LogP contribution in [-0.2, 0) is 51.9 Å². The van der Waals surface area contributed by atoms with E-state index in [9.17, 15) is 43.9 Å². The number of aliphatic hydroxyl groups is 2. The fraction of sp³-hybridized carbons (Fsp3) is 0.720. The van der Waals surface area contributed by atoms with Crippen LogP contribution < -0.4 is 0 Å². The van der Waals surface area contributed by atoms with Crippen LogP contribution >= 0.6 is 7.82 Å². The standard InChI is InChI=1S/C50H65F2O14P/c1-9-41(59)63-26-39(58)49(64-42(60)10-2)27(3)19-36-34-14-12-30-22-32(55)16-18-44(30,6)48(34,52)40(24-46(36,49)8)65-67(61,62)66-50(38(57)25-53)28(4)20-35-33-13-11-29-21-31(54)15-17-43(29,5)47(33,51)37(56)23-45(35,50)7/h15-18,21-22,27-28,33-37,40,53,56H,9-14,19-20,23-26H2,1-8H3,(H,61,62)/t27-,28+,33?,34-,35?,36-,37-,40-,43-,44-,45-,46-,47-,48?,49-,50-/m0/s1. The number of ether oxygens (including phenoxy) is 2. The van der Waals surface area contributed by atoms with Crippen LogP contribution in [0.2, 0.25) is 0 Å². The van der Waals surface area contributed by atoms with Crippen molar-refractivity contribution in [1.29, 1.82) is 0 Å². The fourth-order valence-corrected chi connectivity index (χ4v) is 17.4. The molecule has 0 spiro atoms. The molecule has 14 nitrogen and oxygen atoms in total. The molecule has 8 rings (SSSR count). The van der Waals surface area contributed by atoms with Crippen LogP contribution in [0.15, 0.2) is 47.6 Å². The predicted octanol–water partition coefficient (Wildman–Crippen LogP) is 6.88. The number of carbonyl (C=O) groups excluding carboxylic acids is 6. The number of hydrogen-bond donors (Lipinski definition) is 3. The first-order valence-corrected chi connectivity index (χ1v) is 25.4. The summed E-state index contributed by atoms with van der Waals surface area (Å²) >= 11 is 0. The Hall–Kier alpha value is -3.53. The number of allylic oxidation sites excluding steroid dienone is 8. The molecule has 0 amide bonds. The van der Waals surface area contributed by atoms with E-state index in [0.717, 1.165) is 0 Å². The van der Waals surface area contributed by atoms with E-state index in [4.69, 9.17) is 18.5 Å². The third-order valence-corrected chi connectivity index (χ3v) is 20.1. The molecule has 0 aromatic heterocycles. The first-order chi connectivity index (χ1) is 31.2. The van der Waals surface area contributed by atoms with Crippen LogP contribution in [0.4, 0.5) is 8.78 Å². The zero-order chi connectivity index (χ0) is 49.3. The highest BCUT2D eigenvalue weighted by atomic mass is 31.2. The Kier molecular flexibility index (Phi) is 12.1. The van der Waals surface area contributed by atoms with E-state index in [2.05, 4.69) is 0 Å². The molecule has 8 aliphatic carbocycles. The van der Waals surface area contributed by atoms with E-state index >= 15 is 13.3 Å². The van der Waals surface area contributed by atoms with E-state index < -0.39 is 149 Å². The molecule has 0 saturated heterocycles. The number of phosphoric ester groups is 1. The SMILES string of the molecule is CCC(=O)OCC(=O)[C@@]1(OC(=O)CC)[C@@H](C)C[C@H]2[C@@H]3CCC4=CC(=O)C=C[C@]4(C)C3(F)[C@@H](OP(=O)(O)O[C@]3(C(=O)CO)[C@H](C)CC4C5CCC6=CC(=O)C=C[C@]6(C)[C@@]5(F)[C@@H](O)C[C@@]43C)C[C@@]21C. The molecule has 17 atom stereocenters. The lowest BCUT2D eigenvalue weighted by Gasteiger charge is -2.64. The van der Waals surface area contributed by atoms with E-state index in [1.807, 2.05) is 0 Å². The fourth-order valence-electron chi connectivity index (χ4n) is 15.9. The second-order valence-corrected chi connectivity index (χ2v) is 23.1. The van der Waals surface area contributed by atoms with Crippen molar-refractivity contribution in [2.24, 2.45) is 57.2 Å². The topological polar surface area (TPSA) is 217 Å². The van der Waals surface area contributed by atoms with Crippen LogP contribution in [-0.4, -0.2) is 98.1 Å². The predicted molar refractivity (Wildman–Crippen MR) is 236 cm³/mol. The molecule has 8 aliphatic rings.